The highest BCUT2D eigenvalue weighted by Gasteiger charge is 2.47. The lowest BCUT2D eigenvalue weighted by atomic mass is 9.95. The Hall–Kier alpha value is -0.850. The van der Waals surface area contributed by atoms with Crippen LogP contribution >= 0.6 is 11.8 Å². The number of amidine groups is 1. The molecule has 2 aliphatic carbocycles. The Bertz CT molecular complexity index is 617. The fourth-order valence-corrected chi connectivity index (χ4v) is 6.45. The summed E-state index contributed by atoms with van der Waals surface area (Å²) in [5, 5.41) is 3.88. The highest BCUT2D eigenvalue weighted by molar-refractivity contribution is 8.16. The molecule has 0 aromatic heterocycles. The first-order valence-corrected chi connectivity index (χ1v) is 11.3. The second-order valence-corrected chi connectivity index (χ2v) is 10.2. The lowest BCUT2D eigenvalue weighted by Gasteiger charge is -2.27. The van der Waals surface area contributed by atoms with Crippen LogP contribution in [-0.4, -0.2) is 41.4 Å². The van der Waals surface area contributed by atoms with Gasteiger partial charge in [-0.15, -0.1) is 6.58 Å². The second kappa shape index (κ2) is 8.26. The number of fused-ring (bicyclic) bond motifs is 2. The smallest absolute Gasteiger partial charge is 0.243 e. The standard InChI is InChI=1S/C21H32N2O3S/c1-14(2)13-21(8-10-26-18-5-3-4-9-25-18)19(24)23-20(27-21)22-17-12-15-6-7-16(17)11-15/h15-18H,1,3-13H2,2H3,(H,22,23,24)/t15-,16-,17-,18?,21?/m0/s1. The Balaban J connectivity index is 1.39. The molecule has 1 amide bonds. The Kier molecular flexibility index (Phi) is 5.95. The third-order valence-corrected chi connectivity index (χ3v) is 7.77. The number of carbonyl (C=O) groups is 1. The minimum atomic E-state index is -0.545. The minimum Gasteiger partial charge on any atom is -0.353 e. The van der Waals surface area contributed by atoms with Gasteiger partial charge in [0.05, 0.1) is 12.6 Å². The molecule has 2 unspecified atom stereocenters. The molecule has 2 saturated carbocycles. The molecule has 4 aliphatic rings. The molecule has 1 N–H and O–H groups in total. The van der Waals surface area contributed by atoms with E-state index in [0.717, 1.165) is 48.4 Å². The van der Waals surface area contributed by atoms with Gasteiger partial charge in [0, 0.05) is 6.61 Å². The average Bonchev–Trinajstić information content (AvgIpc) is 3.31. The Morgan fingerprint density at radius 2 is 2.26 bits per heavy atom. The zero-order valence-corrected chi connectivity index (χ0v) is 17.2. The van der Waals surface area contributed by atoms with Crippen LogP contribution in [0.2, 0.25) is 0 Å². The van der Waals surface area contributed by atoms with Crippen molar-refractivity contribution in [1.82, 2.24) is 5.32 Å². The molecule has 4 fully saturated rings. The van der Waals surface area contributed by atoms with E-state index < -0.39 is 4.75 Å². The monoisotopic (exact) mass is 392 g/mol. The van der Waals surface area contributed by atoms with E-state index in [1.165, 1.54) is 25.7 Å². The molecule has 150 valence electrons. The number of nitrogens with one attached hydrogen (secondary N) is 1. The number of nitrogens with zero attached hydrogens (tertiary/aromatic N) is 1. The largest absolute Gasteiger partial charge is 0.353 e. The summed E-state index contributed by atoms with van der Waals surface area (Å²) in [5.74, 6) is 1.64. The van der Waals surface area contributed by atoms with E-state index in [1.54, 1.807) is 11.8 Å². The van der Waals surface area contributed by atoms with Crippen LogP contribution in [0.4, 0.5) is 0 Å². The molecule has 5 nitrogen and oxygen atoms in total. The van der Waals surface area contributed by atoms with Crippen LogP contribution in [0.25, 0.3) is 0 Å². The van der Waals surface area contributed by atoms with Gasteiger partial charge in [-0.25, -0.2) is 0 Å². The van der Waals surface area contributed by atoms with Gasteiger partial charge in [0.2, 0.25) is 5.91 Å². The van der Waals surface area contributed by atoms with Gasteiger partial charge in [-0.3, -0.25) is 9.79 Å². The molecule has 5 atom stereocenters. The fraction of sp³-hybridized carbons (Fsp3) is 0.810. The summed E-state index contributed by atoms with van der Waals surface area (Å²) >= 11 is 1.60. The first-order valence-electron chi connectivity index (χ1n) is 10.5. The van der Waals surface area contributed by atoms with Crippen molar-refractivity contribution in [2.75, 3.05) is 13.2 Å². The number of allylic oxidation sites excluding steroid dienone is 1. The van der Waals surface area contributed by atoms with Crippen LogP contribution in [0.1, 0.15) is 64.7 Å². The molecule has 27 heavy (non-hydrogen) atoms. The number of aliphatic imine (C=N–C) groups is 1. The summed E-state index contributed by atoms with van der Waals surface area (Å²) in [6.45, 7) is 7.35. The van der Waals surface area contributed by atoms with Gasteiger partial charge in [-0.1, -0.05) is 23.8 Å². The van der Waals surface area contributed by atoms with Crippen molar-refractivity contribution in [3.63, 3.8) is 0 Å². The van der Waals surface area contributed by atoms with Crippen LogP contribution in [0, 0.1) is 11.8 Å². The van der Waals surface area contributed by atoms with E-state index in [0.29, 0.717) is 25.5 Å². The maximum atomic E-state index is 12.9. The number of ether oxygens (including phenoxy) is 2. The van der Waals surface area contributed by atoms with Gasteiger partial charge in [0.25, 0.3) is 0 Å². The van der Waals surface area contributed by atoms with Gasteiger partial charge < -0.3 is 14.8 Å². The highest BCUT2D eigenvalue weighted by Crippen LogP contribution is 2.47. The topological polar surface area (TPSA) is 59.9 Å². The van der Waals surface area contributed by atoms with Crippen molar-refractivity contribution < 1.29 is 14.3 Å². The lowest BCUT2D eigenvalue weighted by molar-refractivity contribution is -0.164. The molecule has 0 radical (unpaired) electrons. The molecule has 0 aromatic rings. The van der Waals surface area contributed by atoms with Crippen LogP contribution < -0.4 is 5.32 Å². The van der Waals surface area contributed by atoms with Crippen LogP contribution in [0.15, 0.2) is 17.1 Å². The van der Waals surface area contributed by atoms with Crippen molar-refractivity contribution in [2.45, 2.75) is 81.8 Å². The van der Waals surface area contributed by atoms with Gasteiger partial charge in [0.1, 0.15) is 4.75 Å². The van der Waals surface area contributed by atoms with E-state index in [-0.39, 0.29) is 12.2 Å². The third kappa shape index (κ3) is 4.43. The number of carbonyl (C=O) groups excluding carboxylic acids is 1. The van der Waals surface area contributed by atoms with Gasteiger partial charge in [-0.05, 0) is 70.1 Å². The van der Waals surface area contributed by atoms with Crippen molar-refractivity contribution >= 4 is 22.8 Å². The van der Waals surface area contributed by atoms with E-state index in [2.05, 4.69) is 11.9 Å². The fourth-order valence-electron chi connectivity index (χ4n) is 5.10. The number of hydrogen-bond donors (Lipinski definition) is 1. The molecule has 2 bridgehead atoms. The first kappa shape index (κ1) is 19.5. The Morgan fingerprint density at radius 1 is 1.37 bits per heavy atom. The van der Waals surface area contributed by atoms with Crippen molar-refractivity contribution in [2.24, 2.45) is 16.8 Å². The number of thioether (sulfide) groups is 1. The maximum Gasteiger partial charge on any atom is 0.243 e. The van der Waals surface area contributed by atoms with Crippen LogP contribution in [-0.2, 0) is 14.3 Å². The summed E-state index contributed by atoms with van der Waals surface area (Å²) in [7, 11) is 0. The highest BCUT2D eigenvalue weighted by atomic mass is 32.2. The second-order valence-electron chi connectivity index (χ2n) is 8.78. The molecule has 2 heterocycles. The molecular formula is C21H32N2O3S. The Morgan fingerprint density at radius 3 is 2.93 bits per heavy atom. The van der Waals surface area contributed by atoms with Gasteiger partial charge in [-0.2, -0.15) is 0 Å². The predicted octanol–water partition coefficient (Wildman–Crippen LogP) is 4.03. The van der Waals surface area contributed by atoms with Crippen molar-refractivity contribution in [1.29, 1.82) is 0 Å². The summed E-state index contributed by atoms with van der Waals surface area (Å²) in [6.07, 6.45) is 9.61. The molecule has 2 saturated heterocycles. The van der Waals surface area contributed by atoms with Crippen molar-refractivity contribution in [3.05, 3.63) is 12.2 Å². The predicted molar refractivity (Wildman–Crippen MR) is 109 cm³/mol. The summed E-state index contributed by atoms with van der Waals surface area (Å²) in [5.41, 5.74) is 1.02. The zero-order valence-electron chi connectivity index (χ0n) is 16.4. The summed E-state index contributed by atoms with van der Waals surface area (Å²) < 4.78 is 11.0. The van der Waals surface area contributed by atoms with Gasteiger partial charge >= 0.3 is 0 Å². The SMILES string of the molecule is C=C(C)CC1(CCOC2CCCCO2)SC(=N[C@H]2C[C@H]3CC[C@H]2C3)NC1=O. The molecule has 2 aliphatic heterocycles. The van der Waals surface area contributed by atoms with Gasteiger partial charge in [0.15, 0.2) is 11.5 Å². The zero-order chi connectivity index (χ0) is 18.9. The molecule has 4 rings (SSSR count). The molecule has 0 aromatic carbocycles. The van der Waals surface area contributed by atoms with E-state index in [4.69, 9.17) is 14.5 Å². The first-order chi connectivity index (χ1) is 13.0. The van der Waals surface area contributed by atoms with E-state index in [1.807, 2.05) is 6.92 Å². The number of amides is 1. The maximum absolute atomic E-state index is 12.9. The van der Waals surface area contributed by atoms with Crippen molar-refractivity contribution in [3.8, 4) is 0 Å². The minimum absolute atomic E-state index is 0.0607. The quantitative estimate of drug-likeness (QED) is 0.665. The summed E-state index contributed by atoms with van der Waals surface area (Å²) in [6, 6.07) is 0.402. The third-order valence-electron chi connectivity index (χ3n) is 6.45. The Labute approximate surface area is 166 Å². The molecule has 0 spiro atoms. The van der Waals surface area contributed by atoms with Crippen LogP contribution in [0.5, 0.6) is 0 Å². The average molecular weight is 393 g/mol. The number of hydrogen-bond acceptors (Lipinski definition) is 5. The molecular weight excluding hydrogens is 360 g/mol. The summed E-state index contributed by atoms with van der Waals surface area (Å²) in [4.78, 5) is 17.9. The van der Waals surface area contributed by atoms with E-state index in [9.17, 15) is 4.79 Å². The van der Waals surface area contributed by atoms with E-state index >= 15 is 0 Å². The molecule has 6 heteroatoms. The van der Waals surface area contributed by atoms with Crippen LogP contribution in [0.3, 0.4) is 0 Å². The lowest BCUT2D eigenvalue weighted by Crippen LogP contribution is -2.38. The normalized spacial score (nSPS) is 39.9. The number of rotatable bonds is 7.